The molecule has 0 aromatic heterocycles. The standard InChI is InChI=1S/C9H16F3NO/c1-7(14-8-3-2-4-8)5-13-6-9(10,11)12/h7-8,13H,2-6H2,1H3. The molecule has 0 saturated heterocycles. The van der Waals surface area contributed by atoms with E-state index >= 15 is 0 Å². The third-order valence-corrected chi connectivity index (χ3v) is 2.23. The number of ether oxygens (including phenoxy) is 1. The van der Waals surface area contributed by atoms with Crippen molar-refractivity contribution in [2.75, 3.05) is 13.1 Å². The van der Waals surface area contributed by atoms with Crippen LogP contribution < -0.4 is 5.32 Å². The van der Waals surface area contributed by atoms with Gasteiger partial charge in [0.25, 0.3) is 0 Å². The second-order valence-corrected chi connectivity index (χ2v) is 3.75. The van der Waals surface area contributed by atoms with E-state index < -0.39 is 12.7 Å². The number of hydrogen-bond acceptors (Lipinski definition) is 2. The van der Waals surface area contributed by atoms with Crippen LogP contribution in [0.1, 0.15) is 26.2 Å². The molecule has 1 aliphatic carbocycles. The van der Waals surface area contributed by atoms with Crippen molar-refractivity contribution in [3.8, 4) is 0 Å². The molecule has 84 valence electrons. The van der Waals surface area contributed by atoms with Crippen molar-refractivity contribution in [1.29, 1.82) is 0 Å². The van der Waals surface area contributed by atoms with E-state index in [0.29, 0.717) is 0 Å². The van der Waals surface area contributed by atoms with E-state index in [0.717, 1.165) is 12.8 Å². The second-order valence-electron chi connectivity index (χ2n) is 3.75. The van der Waals surface area contributed by atoms with E-state index in [9.17, 15) is 13.2 Å². The first-order chi connectivity index (χ1) is 6.47. The van der Waals surface area contributed by atoms with Crippen LogP contribution in [-0.2, 0) is 4.74 Å². The first kappa shape index (κ1) is 11.8. The fourth-order valence-corrected chi connectivity index (χ4v) is 1.30. The summed E-state index contributed by atoms with van der Waals surface area (Å²) in [5, 5.41) is 2.33. The maximum absolute atomic E-state index is 11.7. The van der Waals surface area contributed by atoms with Crippen molar-refractivity contribution in [2.45, 2.75) is 44.6 Å². The largest absolute Gasteiger partial charge is 0.401 e. The number of nitrogens with one attached hydrogen (secondary N) is 1. The van der Waals surface area contributed by atoms with E-state index in [2.05, 4.69) is 5.32 Å². The van der Waals surface area contributed by atoms with Gasteiger partial charge in [-0.1, -0.05) is 0 Å². The van der Waals surface area contributed by atoms with Gasteiger partial charge in [0.05, 0.1) is 18.8 Å². The molecule has 5 heteroatoms. The molecular weight excluding hydrogens is 195 g/mol. The van der Waals surface area contributed by atoms with E-state index in [1.165, 1.54) is 6.42 Å². The molecule has 14 heavy (non-hydrogen) atoms. The summed E-state index contributed by atoms with van der Waals surface area (Å²) in [5.74, 6) is 0. The van der Waals surface area contributed by atoms with Crippen molar-refractivity contribution in [1.82, 2.24) is 5.32 Å². The summed E-state index contributed by atoms with van der Waals surface area (Å²) in [6.45, 7) is 1.11. The highest BCUT2D eigenvalue weighted by atomic mass is 19.4. The molecule has 1 unspecified atom stereocenters. The predicted molar refractivity (Wildman–Crippen MR) is 47.1 cm³/mol. The van der Waals surface area contributed by atoms with E-state index in [1.54, 1.807) is 6.92 Å². The van der Waals surface area contributed by atoms with Crippen LogP contribution in [0.25, 0.3) is 0 Å². The van der Waals surface area contributed by atoms with Gasteiger partial charge < -0.3 is 10.1 Å². The minimum Gasteiger partial charge on any atom is -0.374 e. The van der Waals surface area contributed by atoms with E-state index in [4.69, 9.17) is 4.74 Å². The van der Waals surface area contributed by atoms with Gasteiger partial charge >= 0.3 is 6.18 Å². The molecule has 1 saturated carbocycles. The Labute approximate surface area is 81.8 Å². The molecule has 0 amide bonds. The molecule has 2 nitrogen and oxygen atoms in total. The molecule has 1 rings (SSSR count). The molecule has 0 heterocycles. The third kappa shape index (κ3) is 4.81. The fourth-order valence-electron chi connectivity index (χ4n) is 1.30. The Bertz CT molecular complexity index is 168. The fraction of sp³-hybridized carbons (Fsp3) is 1.00. The first-order valence-electron chi connectivity index (χ1n) is 4.90. The molecule has 1 N–H and O–H groups in total. The summed E-state index contributed by atoms with van der Waals surface area (Å²) < 4.78 is 40.7. The van der Waals surface area contributed by atoms with Crippen LogP contribution in [0.3, 0.4) is 0 Å². The van der Waals surface area contributed by atoms with Gasteiger partial charge in [0, 0.05) is 6.54 Å². The molecule has 0 radical (unpaired) electrons. The first-order valence-corrected chi connectivity index (χ1v) is 4.90. The molecule has 0 bridgehead atoms. The van der Waals surface area contributed by atoms with Crippen LogP contribution in [0.5, 0.6) is 0 Å². The highest BCUT2D eigenvalue weighted by Crippen LogP contribution is 2.23. The van der Waals surface area contributed by atoms with Crippen LogP contribution in [0, 0.1) is 0 Å². The molecule has 1 fully saturated rings. The average molecular weight is 211 g/mol. The Morgan fingerprint density at radius 2 is 2.07 bits per heavy atom. The van der Waals surface area contributed by atoms with Gasteiger partial charge in [0.2, 0.25) is 0 Å². The molecule has 0 aliphatic heterocycles. The Morgan fingerprint density at radius 3 is 2.50 bits per heavy atom. The summed E-state index contributed by atoms with van der Waals surface area (Å²) in [7, 11) is 0. The molecule has 0 aromatic rings. The number of hydrogen-bond donors (Lipinski definition) is 1. The summed E-state index contributed by atoms with van der Waals surface area (Å²) in [6, 6.07) is 0. The predicted octanol–water partition coefficient (Wildman–Crippen LogP) is 2.10. The van der Waals surface area contributed by atoms with Crippen molar-refractivity contribution in [3.63, 3.8) is 0 Å². The van der Waals surface area contributed by atoms with Gasteiger partial charge in [-0.25, -0.2) is 0 Å². The van der Waals surface area contributed by atoms with Crippen molar-refractivity contribution in [3.05, 3.63) is 0 Å². The highest BCUT2D eigenvalue weighted by Gasteiger charge is 2.27. The Hall–Kier alpha value is -0.290. The summed E-state index contributed by atoms with van der Waals surface area (Å²) in [4.78, 5) is 0. The Morgan fingerprint density at radius 1 is 1.43 bits per heavy atom. The van der Waals surface area contributed by atoms with Crippen molar-refractivity contribution in [2.24, 2.45) is 0 Å². The number of rotatable bonds is 5. The average Bonchev–Trinajstić information content (AvgIpc) is 1.94. The van der Waals surface area contributed by atoms with Crippen LogP contribution in [0.15, 0.2) is 0 Å². The van der Waals surface area contributed by atoms with Crippen molar-refractivity contribution < 1.29 is 17.9 Å². The monoisotopic (exact) mass is 211 g/mol. The van der Waals surface area contributed by atoms with Crippen LogP contribution in [0.4, 0.5) is 13.2 Å². The topological polar surface area (TPSA) is 21.3 Å². The second kappa shape index (κ2) is 4.98. The van der Waals surface area contributed by atoms with Crippen LogP contribution in [-0.4, -0.2) is 31.5 Å². The Balaban J connectivity index is 1.99. The van der Waals surface area contributed by atoms with Crippen LogP contribution >= 0.6 is 0 Å². The van der Waals surface area contributed by atoms with Crippen LogP contribution in [0.2, 0.25) is 0 Å². The zero-order chi connectivity index (χ0) is 10.6. The normalized spacial score (nSPS) is 20.6. The minimum atomic E-state index is -4.13. The quantitative estimate of drug-likeness (QED) is 0.751. The Kier molecular flexibility index (Phi) is 4.19. The van der Waals surface area contributed by atoms with Gasteiger partial charge in [-0.3, -0.25) is 0 Å². The third-order valence-electron chi connectivity index (χ3n) is 2.23. The lowest BCUT2D eigenvalue weighted by atomic mass is 9.96. The molecule has 0 spiro atoms. The lowest BCUT2D eigenvalue weighted by molar-refractivity contribution is -0.126. The highest BCUT2D eigenvalue weighted by molar-refractivity contribution is 4.71. The van der Waals surface area contributed by atoms with Gasteiger partial charge in [-0.15, -0.1) is 0 Å². The smallest absolute Gasteiger partial charge is 0.374 e. The SMILES string of the molecule is CC(CNCC(F)(F)F)OC1CCC1. The maximum atomic E-state index is 11.7. The molecule has 0 aromatic carbocycles. The molecule has 1 atom stereocenters. The minimum absolute atomic E-state index is 0.136. The molecule has 1 aliphatic rings. The summed E-state index contributed by atoms with van der Waals surface area (Å²) >= 11 is 0. The van der Waals surface area contributed by atoms with E-state index in [-0.39, 0.29) is 18.8 Å². The van der Waals surface area contributed by atoms with Gasteiger partial charge in [-0.2, -0.15) is 13.2 Å². The van der Waals surface area contributed by atoms with Crippen molar-refractivity contribution >= 4 is 0 Å². The summed E-state index contributed by atoms with van der Waals surface area (Å²) in [5.41, 5.74) is 0. The number of alkyl halides is 3. The van der Waals surface area contributed by atoms with E-state index in [1.807, 2.05) is 0 Å². The zero-order valence-corrected chi connectivity index (χ0v) is 8.23. The summed E-state index contributed by atoms with van der Waals surface area (Å²) in [6.07, 6.45) is -0.725. The van der Waals surface area contributed by atoms with Gasteiger partial charge in [-0.05, 0) is 26.2 Å². The maximum Gasteiger partial charge on any atom is 0.401 e. The van der Waals surface area contributed by atoms with Gasteiger partial charge in [0.15, 0.2) is 0 Å². The lowest BCUT2D eigenvalue weighted by Gasteiger charge is -2.29. The lowest BCUT2D eigenvalue weighted by Crippen LogP contribution is -2.37. The molecular formula is C9H16F3NO. The van der Waals surface area contributed by atoms with Gasteiger partial charge in [0.1, 0.15) is 0 Å². The zero-order valence-electron chi connectivity index (χ0n) is 8.23. The number of halogens is 3.